The van der Waals surface area contributed by atoms with Crippen molar-refractivity contribution in [2.75, 3.05) is 6.54 Å². The van der Waals surface area contributed by atoms with E-state index in [1.807, 2.05) is 41.9 Å². The molecule has 5 aliphatic heterocycles. The molecule has 9 heteroatoms. The Morgan fingerprint density at radius 3 is 2.48 bits per heavy atom. The summed E-state index contributed by atoms with van der Waals surface area (Å²) in [6.45, 7) is 7.22. The average molecular weight is 606 g/mol. The van der Waals surface area contributed by atoms with E-state index in [0.717, 1.165) is 76.6 Å². The molecule has 7 nitrogen and oxygen atoms in total. The van der Waals surface area contributed by atoms with Crippen molar-refractivity contribution in [2.24, 2.45) is 5.41 Å². The van der Waals surface area contributed by atoms with Crippen LogP contribution in [0.1, 0.15) is 82.8 Å². The van der Waals surface area contributed by atoms with Crippen molar-refractivity contribution >= 4 is 46.1 Å². The first-order chi connectivity index (χ1) is 20.1. The second-order valence-corrected chi connectivity index (χ2v) is 13.0. The molecule has 6 heterocycles. The number of hydrogen-bond acceptors (Lipinski definition) is 4. The zero-order chi connectivity index (χ0) is 29.8. The lowest BCUT2D eigenvalue weighted by molar-refractivity contribution is -0.147. The normalized spacial score (nSPS) is 17.8. The minimum atomic E-state index is -1.12. The lowest BCUT2D eigenvalue weighted by Gasteiger charge is -2.34. The molecule has 9 rings (SSSR count). The van der Waals surface area contributed by atoms with Gasteiger partial charge in [0.15, 0.2) is 0 Å². The van der Waals surface area contributed by atoms with Gasteiger partial charge in [0.05, 0.1) is 26.5 Å². The summed E-state index contributed by atoms with van der Waals surface area (Å²) >= 11 is 13.3. The van der Waals surface area contributed by atoms with Gasteiger partial charge in [-0.25, -0.2) is 4.68 Å². The summed E-state index contributed by atoms with van der Waals surface area (Å²) in [6, 6.07) is 14.0. The van der Waals surface area contributed by atoms with Gasteiger partial charge in [0.1, 0.15) is 5.52 Å². The number of carbonyl (C=O) groups excluding carboxylic acids is 1. The van der Waals surface area contributed by atoms with Crippen LogP contribution in [-0.2, 0) is 30.7 Å². The van der Waals surface area contributed by atoms with Crippen LogP contribution in [0.4, 0.5) is 0 Å². The SMILES string of the molecule is Cc1c2ccc3c1nnn3CCCCCc1cc(Cl)c(c(Cl)c1)C(=O)N1CCc3ccc(cc3C1)C2C(C)(C)C(=O)O. The second-order valence-electron chi connectivity index (χ2n) is 12.2. The number of nitrogens with zero attached hydrogens (tertiary/aromatic N) is 4. The van der Waals surface area contributed by atoms with Crippen LogP contribution in [0, 0.1) is 12.3 Å². The number of aromatic nitrogens is 3. The van der Waals surface area contributed by atoms with Gasteiger partial charge in [-0.05, 0) is 98.0 Å². The molecule has 42 heavy (non-hydrogen) atoms. The summed E-state index contributed by atoms with van der Waals surface area (Å²) in [4.78, 5) is 28.2. The van der Waals surface area contributed by atoms with Crippen molar-refractivity contribution in [1.82, 2.24) is 19.9 Å². The van der Waals surface area contributed by atoms with Crippen molar-refractivity contribution < 1.29 is 14.7 Å². The quantitative estimate of drug-likeness (QED) is 0.261. The fourth-order valence-electron chi connectivity index (χ4n) is 6.60. The van der Waals surface area contributed by atoms with Gasteiger partial charge in [-0.1, -0.05) is 59.1 Å². The molecular formula is C33H34Cl2N4O3. The Kier molecular flexibility index (Phi) is 7.52. The number of carboxylic acid groups (broad SMARTS) is 1. The average Bonchev–Trinajstić information content (AvgIpc) is 3.36. The number of aryl methyl sites for hydroxylation is 3. The smallest absolute Gasteiger partial charge is 0.310 e. The van der Waals surface area contributed by atoms with Crippen LogP contribution in [0.15, 0.2) is 42.5 Å². The van der Waals surface area contributed by atoms with E-state index >= 15 is 0 Å². The van der Waals surface area contributed by atoms with Crippen LogP contribution in [0.3, 0.4) is 0 Å². The van der Waals surface area contributed by atoms with Crippen LogP contribution in [0.5, 0.6) is 0 Å². The summed E-state index contributed by atoms with van der Waals surface area (Å²) in [6.07, 6.45) is 4.36. The molecule has 1 atom stereocenters. The zero-order valence-corrected chi connectivity index (χ0v) is 25.6. The molecule has 1 N–H and O–H groups in total. The third-order valence-electron chi connectivity index (χ3n) is 9.08. The molecule has 0 saturated heterocycles. The molecule has 0 saturated carbocycles. The molecule has 5 aliphatic rings. The minimum absolute atomic E-state index is 0.190. The van der Waals surface area contributed by atoms with Gasteiger partial charge in [0.2, 0.25) is 0 Å². The topological polar surface area (TPSA) is 88.3 Å². The summed E-state index contributed by atoms with van der Waals surface area (Å²) in [5.74, 6) is -1.53. The maximum Gasteiger partial charge on any atom is 0.310 e. The predicted molar refractivity (Wildman–Crippen MR) is 164 cm³/mol. The molecule has 3 aromatic carbocycles. The highest BCUT2D eigenvalue weighted by atomic mass is 35.5. The number of benzene rings is 3. The molecule has 0 aliphatic carbocycles. The fourth-order valence-corrected chi connectivity index (χ4v) is 7.29. The van der Waals surface area contributed by atoms with Gasteiger partial charge in [-0.15, -0.1) is 5.10 Å². The van der Waals surface area contributed by atoms with Gasteiger partial charge < -0.3 is 10.0 Å². The third kappa shape index (κ3) is 4.96. The van der Waals surface area contributed by atoms with Crippen LogP contribution in [0.25, 0.3) is 11.0 Å². The third-order valence-corrected chi connectivity index (χ3v) is 9.68. The van der Waals surface area contributed by atoms with Gasteiger partial charge in [0, 0.05) is 25.6 Å². The first-order valence-electron chi connectivity index (χ1n) is 14.5. The summed E-state index contributed by atoms with van der Waals surface area (Å²) in [5.41, 5.74) is 6.85. The van der Waals surface area contributed by atoms with Gasteiger partial charge >= 0.3 is 5.97 Å². The Morgan fingerprint density at radius 2 is 1.74 bits per heavy atom. The molecule has 4 aromatic rings. The zero-order valence-electron chi connectivity index (χ0n) is 24.1. The van der Waals surface area contributed by atoms with Crippen molar-refractivity contribution in [2.45, 2.75) is 71.9 Å². The molecule has 0 fully saturated rings. The first kappa shape index (κ1) is 28.7. The molecule has 0 radical (unpaired) electrons. The van der Waals surface area contributed by atoms with E-state index in [-0.39, 0.29) is 5.91 Å². The van der Waals surface area contributed by atoms with Crippen molar-refractivity contribution in [1.29, 1.82) is 0 Å². The monoisotopic (exact) mass is 604 g/mol. The highest BCUT2D eigenvalue weighted by Gasteiger charge is 2.40. The molecule has 9 bridgehead atoms. The van der Waals surface area contributed by atoms with Crippen molar-refractivity contribution in [3.8, 4) is 0 Å². The van der Waals surface area contributed by atoms with E-state index in [9.17, 15) is 14.7 Å². The van der Waals surface area contributed by atoms with E-state index in [0.29, 0.717) is 35.1 Å². The molecule has 1 amide bonds. The van der Waals surface area contributed by atoms with E-state index in [4.69, 9.17) is 23.2 Å². The Morgan fingerprint density at radius 1 is 0.976 bits per heavy atom. The number of hydrogen-bond donors (Lipinski definition) is 1. The number of amides is 1. The second kappa shape index (κ2) is 11.0. The standard InChI is InChI=1S/C33H34Cl2N4O3/c1-19-24-10-11-27-30(19)36-37-39(27)13-6-4-5-7-20-15-25(34)28(26(35)16-20)31(40)38-14-12-21-8-9-22(17-23(21)18-38)29(24)33(2,3)32(41)42/h8-11,15-17,29H,4-7,12-14,18H2,1-3H3,(H,41,42). The van der Waals surface area contributed by atoms with Crippen molar-refractivity contribution in [3.63, 3.8) is 0 Å². The van der Waals surface area contributed by atoms with Gasteiger partial charge in [-0.2, -0.15) is 0 Å². The minimum Gasteiger partial charge on any atom is -0.481 e. The lowest BCUT2D eigenvalue weighted by atomic mass is 9.69. The molecular weight excluding hydrogens is 571 g/mol. The number of aliphatic carboxylic acids is 1. The van der Waals surface area contributed by atoms with E-state index < -0.39 is 17.3 Å². The van der Waals surface area contributed by atoms with Crippen LogP contribution >= 0.6 is 23.2 Å². The van der Waals surface area contributed by atoms with E-state index in [1.165, 1.54) is 0 Å². The number of carbonyl (C=O) groups is 2. The summed E-state index contributed by atoms with van der Waals surface area (Å²) < 4.78 is 1.94. The Hall–Kier alpha value is -3.42. The summed E-state index contributed by atoms with van der Waals surface area (Å²) in [5, 5.41) is 20.1. The fraction of sp³-hybridized carbons (Fsp3) is 0.394. The maximum atomic E-state index is 13.7. The number of carboxylic acids is 1. The highest BCUT2D eigenvalue weighted by molar-refractivity contribution is 6.39. The Balaban J connectivity index is 1.50. The van der Waals surface area contributed by atoms with E-state index in [2.05, 4.69) is 22.4 Å². The largest absolute Gasteiger partial charge is 0.481 e. The van der Waals surface area contributed by atoms with Crippen molar-refractivity contribution in [3.05, 3.63) is 91.5 Å². The first-order valence-corrected chi connectivity index (χ1v) is 15.3. The van der Waals surface area contributed by atoms with E-state index in [1.54, 1.807) is 18.7 Å². The molecule has 1 unspecified atom stereocenters. The lowest BCUT2D eigenvalue weighted by Crippen LogP contribution is -2.37. The van der Waals surface area contributed by atoms with Crippen LogP contribution in [0.2, 0.25) is 10.0 Å². The number of halogens is 2. The van der Waals surface area contributed by atoms with Gasteiger partial charge in [-0.3, -0.25) is 9.59 Å². The van der Waals surface area contributed by atoms with Crippen LogP contribution < -0.4 is 0 Å². The number of rotatable bonds is 2. The van der Waals surface area contributed by atoms with Crippen LogP contribution in [-0.4, -0.2) is 43.4 Å². The maximum absolute atomic E-state index is 13.7. The molecule has 0 spiro atoms. The highest BCUT2D eigenvalue weighted by Crippen LogP contribution is 2.44. The molecule has 218 valence electrons. The predicted octanol–water partition coefficient (Wildman–Crippen LogP) is 7.21. The molecule has 1 aromatic heterocycles. The Labute approximate surface area is 255 Å². The Bertz CT molecular complexity index is 1710. The van der Waals surface area contributed by atoms with Gasteiger partial charge in [0.25, 0.3) is 5.91 Å². The summed E-state index contributed by atoms with van der Waals surface area (Å²) in [7, 11) is 0.